The zero-order chi connectivity index (χ0) is 27.8. The first kappa shape index (κ1) is 29.1. The normalized spacial score (nSPS) is 17.4. The van der Waals surface area contributed by atoms with Crippen LogP contribution in [-0.4, -0.2) is 12.7 Å². The molecule has 210 valence electrons. The second kappa shape index (κ2) is 14.0. The van der Waals surface area contributed by atoms with Crippen molar-refractivity contribution in [2.24, 2.45) is 0 Å². The Morgan fingerprint density at radius 1 is 0.718 bits per heavy atom. The van der Waals surface area contributed by atoms with Crippen LogP contribution in [0.25, 0.3) is 11.1 Å². The molecule has 1 saturated carbocycles. The molecule has 0 aromatic heterocycles. The van der Waals surface area contributed by atoms with Crippen molar-refractivity contribution in [3.05, 3.63) is 88.5 Å². The molecule has 1 aliphatic carbocycles. The first-order valence-corrected chi connectivity index (χ1v) is 14.1. The molecule has 0 radical (unpaired) electrons. The summed E-state index contributed by atoms with van der Waals surface area (Å²) < 4.78 is 70.5. The lowest BCUT2D eigenvalue weighted by Crippen LogP contribution is -2.21. The van der Waals surface area contributed by atoms with Gasteiger partial charge in [0.05, 0.1) is 19.3 Å². The molecule has 0 N–H and O–H groups in total. The zero-order valence-corrected chi connectivity index (χ0v) is 22.9. The molecule has 0 aliphatic heterocycles. The van der Waals surface area contributed by atoms with Gasteiger partial charge in [-0.3, -0.25) is 0 Å². The van der Waals surface area contributed by atoms with Gasteiger partial charge in [-0.05, 0) is 62.1 Å². The molecule has 1 fully saturated rings. The van der Waals surface area contributed by atoms with Gasteiger partial charge >= 0.3 is 0 Å². The fourth-order valence-corrected chi connectivity index (χ4v) is 5.27. The second-order valence-corrected chi connectivity index (χ2v) is 10.6. The van der Waals surface area contributed by atoms with E-state index < -0.39 is 23.3 Å². The summed E-state index contributed by atoms with van der Waals surface area (Å²) in [6.45, 7) is 4.42. The molecular formula is C33H38F4O2. The van der Waals surface area contributed by atoms with Crippen LogP contribution >= 0.6 is 0 Å². The van der Waals surface area contributed by atoms with Gasteiger partial charge in [-0.15, -0.1) is 0 Å². The highest BCUT2D eigenvalue weighted by atomic mass is 19.2. The molecule has 1 aliphatic rings. The van der Waals surface area contributed by atoms with Crippen molar-refractivity contribution in [1.82, 2.24) is 0 Å². The minimum atomic E-state index is -0.925. The molecule has 0 bridgehead atoms. The largest absolute Gasteiger partial charge is 0.490 e. The van der Waals surface area contributed by atoms with Crippen LogP contribution in [0.1, 0.15) is 87.3 Å². The molecule has 0 heterocycles. The molecule has 39 heavy (non-hydrogen) atoms. The first-order valence-electron chi connectivity index (χ1n) is 14.1. The molecule has 6 heteroatoms. The number of halogens is 4. The van der Waals surface area contributed by atoms with E-state index in [9.17, 15) is 17.6 Å². The Morgan fingerprint density at radius 3 is 2.15 bits per heavy atom. The molecule has 0 unspecified atom stereocenters. The van der Waals surface area contributed by atoms with Gasteiger partial charge < -0.3 is 9.47 Å². The Hall–Kier alpha value is -2.86. The highest BCUT2D eigenvalue weighted by Crippen LogP contribution is 2.38. The molecule has 2 nitrogen and oxygen atoms in total. The van der Waals surface area contributed by atoms with Crippen LogP contribution in [0.15, 0.2) is 48.5 Å². The summed E-state index contributed by atoms with van der Waals surface area (Å²) in [6.07, 6.45) is 7.64. The fraction of sp³-hybridized carbons (Fsp3) is 0.455. The third-order valence-corrected chi connectivity index (χ3v) is 7.70. The summed E-state index contributed by atoms with van der Waals surface area (Å²) in [5.41, 5.74) is 2.41. The number of aryl methyl sites for hydroxylation is 1. The third-order valence-electron chi connectivity index (χ3n) is 7.70. The molecule has 3 aromatic rings. The summed E-state index contributed by atoms with van der Waals surface area (Å²) in [4.78, 5) is 0. The van der Waals surface area contributed by atoms with Crippen molar-refractivity contribution >= 4 is 0 Å². The molecule has 0 spiro atoms. The number of hydrogen-bond acceptors (Lipinski definition) is 2. The SMILES string of the molecule is CCCCCCCOc1ccc(C2CCC(OCc3ccc(-c4ccc(C)cc4)c(F)c3F)CC2)c(F)c1F. The molecular weight excluding hydrogens is 504 g/mol. The van der Waals surface area contributed by atoms with Crippen molar-refractivity contribution in [3.8, 4) is 16.9 Å². The van der Waals surface area contributed by atoms with E-state index >= 15 is 0 Å². The van der Waals surface area contributed by atoms with Crippen molar-refractivity contribution in [2.45, 2.75) is 90.3 Å². The summed E-state index contributed by atoms with van der Waals surface area (Å²) >= 11 is 0. The van der Waals surface area contributed by atoms with E-state index in [1.165, 1.54) is 12.5 Å². The second-order valence-electron chi connectivity index (χ2n) is 10.6. The van der Waals surface area contributed by atoms with Crippen LogP contribution in [0.2, 0.25) is 0 Å². The fourth-order valence-electron chi connectivity index (χ4n) is 5.27. The van der Waals surface area contributed by atoms with Crippen LogP contribution in [0.5, 0.6) is 5.75 Å². The average Bonchev–Trinajstić information content (AvgIpc) is 2.95. The van der Waals surface area contributed by atoms with Gasteiger partial charge in [0.2, 0.25) is 5.82 Å². The number of hydrogen-bond donors (Lipinski definition) is 0. The average molecular weight is 543 g/mol. The third kappa shape index (κ3) is 7.42. The number of benzene rings is 3. The minimum absolute atomic E-state index is 0.0357. The lowest BCUT2D eigenvalue weighted by Gasteiger charge is -2.29. The van der Waals surface area contributed by atoms with Crippen LogP contribution in [0.3, 0.4) is 0 Å². The van der Waals surface area contributed by atoms with Gasteiger partial charge in [-0.2, -0.15) is 4.39 Å². The maximum absolute atomic E-state index is 14.9. The summed E-state index contributed by atoms with van der Waals surface area (Å²) in [5.74, 6) is -3.70. The molecule has 3 aromatic carbocycles. The van der Waals surface area contributed by atoms with E-state index in [1.54, 1.807) is 30.3 Å². The van der Waals surface area contributed by atoms with Gasteiger partial charge in [0.15, 0.2) is 23.2 Å². The predicted molar refractivity (Wildman–Crippen MR) is 147 cm³/mol. The van der Waals surface area contributed by atoms with Crippen molar-refractivity contribution in [3.63, 3.8) is 0 Å². The topological polar surface area (TPSA) is 18.5 Å². The van der Waals surface area contributed by atoms with E-state index in [1.807, 2.05) is 19.1 Å². The zero-order valence-electron chi connectivity index (χ0n) is 22.9. The maximum atomic E-state index is 14.9. The Labute approximate surface area is 229 Å². The molecule has 0 atom stereocenters. The molecule has 0 saturated heterocycles. The van der Waals surface area contributed by atoms with Gasteiger partial charge in [0.1, 0.15) is 0 Å². The van der Waals surface area contributed by atoms with Gasteiger partial charge in [0.25, 0.3) is 0 Å². The van der Waals surface area contributed by atoms with Crippen LogP contribution < -0.4 is 4.74 Å². The Morgan fingerprint density at radius 2 is 1.44 bits per heavy atom. The smallest absolute Gasteiger partial charge is 0.200 e. The van der Waals surface area contributed by atoms with Crippen molar-refractivity contribution in [1.29, 1.82) is 0 Å². The quantitative estimate of drug-likeness (QED) is 0.167. The first-order chi connectivity index (χ1) is 18.9. The Kier molecular flexibility index (Phi) is 10.4. The lowest BCUT2D eigenvalue weighted by molar-refractivity contribution is 0.0116. The van der Waals surface area contributed by atoms with Crippen molar-refractivity contribution < 1.29 is 27.0 Å². The van der Waals surface area contributed by atoms with Crippen LogP contribution in [0, 0.1) is 30.2 Å². The van der Waals surface area contributed by atoms with E-state index in [0.29, 0.717) is 43.4 Å². The van der Waals surface area contributed by atoms with Crippen LogP contribution in [-0.2, 0) is 11.3 Å². The number of rotatable bonds is 12. The number of ether oxygens (including phenoxy) is 2. The predicted octanol–water partition coefficient (Wildman–Crippen LogP) is 9.81. The Bertz CT molecular complexity index is 1220. The highest BCUT2D eigenvalue weighted by Gasteiger charge is 2.27. The van der Waals surface area contributed by atoms with Gasteiger partial charge in [0, 0.05) is 11.1 Å². The number of unbranched alkanes of at least 4 members (excludes halogenated alkanes) is 4. The highest BCUT2D eigenvalue weighted by molar-refractivity contribution is 5.65. The van der Waals surface area contributed by atoms with Gasteiger partial charge in [-0.1, -0.05) is 80.6 Å². The Balaban J connectivity index is 1.28. The minimum Gasteiger partial charge on any atom is -0.490 e. The van der Waals surface area contributed by atoms with E-state index in [2.05, 4.69) is 6.92 Å². The van der Waals surface area contributed by atoms with E-state index in [0.717, 1.165) is 31.2 Å². The summed E-state index contributed by atoms with van der Waals surface area (Å²) in [5, 5.41) is 0. The van der Waals surface area contributed by atoms with E-state index in [-0.39, 0.29) is 35.5 Å². The summed E-state index contributed by atoms with van der Waals surface area (Å²) in [7, 11) is 0. The van der Waals surface area contributed by atoms with Crippen molar-refractivity contribution in [2.75, 3.05) is 6.61 Å². The maximum Gasteiger partial charge on any atom is 0.200 e. The van der Waals surface area contributed by atoms with Gasteiger partial charge in [-0.25, -0.2) is 13.2 Å². The monoisotopic (exact) mass is 542 g/mol. The molecule has 0 amide bonds. The summed E-state index contributed by atoms with van der Waals surface area (Å²) in [6, 6.07) is 13.6. The standard InChI is InChI=1S/C33H38F4O2/c1-3-4-5-6-7-20-38-29-19-18-28(32(36)33(29)37)24-12-15-26(16-13-24)39-21-25-14-17-27(31(35)30(25)34)23-10-8-22(2)9-11-23/h8-11,14,17-19,24,26H,3-7,12-13,15-16,20-21H2,1-2H3. The molecule has 4 rings (SSSR count). The lowest BCUT2D eigenvalue weighted by atomic mass is 9.82. The van der Waals surface area contributed by atoms with E-state index in [4.69, 9.17) is 9.47 Å². The van der Waals surface area contributed by atoms with Crippen LogP contribution in [0.4, 0.5) is 17.6 Å².